The van der Waals surface area contributed by atoms with Crippen molar-refractivity contribution >= 4 is 9.84 Å². The van der Waals surface area contributed by atoms with Crippen molar-refractivity contribution < 1.29 is 17.9 Å². The molecule has 9 heteroatoms. The Labute approximate surface area is 218 Å². The van der Waals surface area contributed by atoms with E-state index in [1.165, 1.54) is 6.26 Å². The van der Waals surface area contributed by atoms with E-state index in [9.17, 15) is 8.42 Å². The largest absolute Gasteiger partial charge is 0.493 e. The average molecular weight is 521 g/mol. The molecule has 0 saturated heterocycles. The normalized spacial score (nSPS) is 11.9. The number of hydrogen-bond donors (Lipinski definition) is 1. The number of ether oxygens (including phenoxy) is 2. The van der Waals surface area contributed by atoms with Gasteiger partial charge in [-0.25, -0.2) is 8.42 Å². The molecule has 0 unspecified atom stereocenters. The Balaban J connectivity index is 1.41. The van der Waals surface area contributed by atoms with Crippen LogP contribution in [0.2, 0.25) is 0 Å². The topological polar surface area (TPSA) is 107 Å². The summed E-state index contributed by atoms with van der Waals surface area (Å²) in [5.74, 6) is 2.80. The molecular formula is C28H32N4O4S. The molecule has 0 aliphatic rings. The molecule has 1 aromatic heterocycles. The Morgan fingerprint density at radius 3 is 2.32 bits per heavy atom. The highest BCUT2D eigenvalue weighted by Gasteiger charge is 2.24. The second-order valence-corrected chi connectivity index (χ2v) is 11.7. The first-order valence-electron chi connectivity index (χ1n) is 12.3. The van der Waals surface area contributed by atoms with Crippen LogP contribution in [0.15, 0.2) is 77.7 Å². The van der Waals surface area contributed by atoms with E-state index >= 15 is 0 Å². The number of hydrogen-bond acceptors (Lipinski definition) is 7. The van der Waals surface area contributed by atoms with Crippen LogP contribution < -0.4 is 9.47 Å². The zero-order chi connectivity index (χ0) is 26.3. The fourth-order valence-electron chi connectivity index (χ4n) is 4.01. The lowest BCUT2D eigenvalue weighted by Crippen LogP contribution is -2.19. The molecule has 8 nitrogen and oxygen atoms in total. The minimum absolute atomic E-state index is 0.118. The van der Waals surface area contributed by atoms with Crippen LogP contribution in [0.25, 0.3) is 11.1 Å². The minimum atomic E-state index is -3.27. The van der Waals surface area contributed by atoms with E-state index in [4.69, 9.17) is 9.47 Å². The number of nitrogens with one attached hydrogen (secondary N) is 1. The monoisotopic (exact) mass is 520 g/mol. The number of unbranched alkanes of at least 4 members (excludes halogenated alkanes) is 2. The molecule has 0 amide bonds. The van der Waals surface area contributed by atoms with Gasteiger partial charge in [0.15, 0.2) is 15.7 Å². The molecule has 1 heterocycles. The van der Waals surface area contributed by atoms with E-state index in [0.29, 0.717) is 18.1 Å². The summed E-state index contributed by atoms with van der Waals surface area (Å²) in [5, 5.41) is 14.4. The molecule has 0 bridgehead atoms. The maximum absolute atomic E-state index is 11.9. The van der Waals surface area contributed by atoms with Crippen LogP contribution in [0.5, 0.6) is 17.2 Å². The van der Waals surface area contributed by atoms with Crippen molar-refractivity contribution in [3.8, 4) is 28.4 Å². The molecule has 4 aromatic rings. The van der Waals surface area contributed by atoms with Gasteiger partial charge in [-0.1, -0.05) is 62.2 Å². The van der Waals surface area contributed by atoms with E-state index in [2.05, 4.69) is 34.5 Å². The molecule has 0 saturated carbocycles. The van der Waals surface area contributed by atoms with Gasteiger partial charge in [-0.15, -0.1) is 10.2 Å². The van der Waals surface area contributed by atoms with Crippen LogP contribution in [-0.2, 0) is 15.3 Å². The van der Waals surface area contributed by atoms with Crippen molar-refractivity contribution in [1.82, 2.24) is 20.6 Å². The lowest BCUT2D eigenvalue weighted by atomic mass is 9.86. The predicted molar refractivity (Wildman–Crippen MR) is 143 cm³/mol. The Bertz CT molecular complexity index is 1390. The Kier molecular flexibility index (Phi) is 8.23. The van der Waals surface area contributed by atoms with E-state index in [-0.39, 0.29) is 10.3 Å². The van der Waals surface area contributed by atoms with Crippen molar-refractivity contribution in [2.24, 2.45) is 0 Å². The van der Waals surface area contributed by atoms with E-state index in [1.54, 1.807) is 24.3 Å². The molecule has 0 aliphatic heterocycles. The molecule has 3 aromatic carbocycles. The van der Waals surface area contributed by atoms with Gasteiger partial charge >= 0.3 is 0 Å². The van der Waals surface area contributed by atoms with Crippen LogP contribution in [0.4, 0.5) is 0 Å². The van der Waals surface area contributed by atoms with Gasteiger partial charge in [-0.05, 0) is 54.8 Å². The van der Waals surface area contributed by atoms with Crippen molar-refractivity contribution in [2.45, 2.75) is 49.8 Å². The average Bonchev–Trinajstić information content (AvgIpc) is 3.43. The lowest BCUT2D eigenvalue weighted by molar-refractivity contribution is 0.299. The number of benzene rings is 3. The maximum Gasteiger partial charge on any atom is 0.180 e. The molecule has 37 heavy (non-hydrogen) atoms. The maximum atomic E-state index is 11.9. The van der Waals surface area contributed by atoms with Crippen LogP contribution in [-0.4, -0.2) is 41.9 Å². The summed E-state index contributed by atoms with van der Waals surface area (Å²) in [6, 6.07) is 22.1. The fourth-order valence-corrected chi connectivity index (χ4v) is 4.64. The highest BCUT2D eigenvalue weighted by molar-refractivity contribution is 7.90. The van der Waals surface area contributed by atoms with Gasteiger partial charge in [-0.2, -0.15) is 5.21 Å². The first-order valence-corrected chi connectivity index (χ1v) is 14.2. The Morgan fingerprint density at radius 1 is 0.892 bits per heavy atom. The number of tetrazole rings is 1. The fraction of sp³-hybridized carbons (Fsp3) is 0.321. The quantitative estimate of drug-likeness (QED) is 0.229. The molecule has 0 aliphatic carbocycles. The number of H-pyrrole nitrogens is 1. The third-order valence-corrected chi connectivity index (χ3v) is 7.31. The van der Waals surface area contributed by atoms with Crippen LogP contribution in [0, 0.1) is 0 Å². The van der Waals surface area contributed by atoms with Crippen LogP contribution in [0.1, 0.15) is 45.4 Å². The summed E-state index contributed by atoms with van der Waals surface area (Å²) in [7, 11) is -3.27. The predicted octanol–water partition coefficient (Wildman–Crippen LogP) is 5.98. The molecular weight excluding hydrogens is 488 g/mol. The number of aromatic amines is 1. The van der Waals surface area contributed by atoms with Crippen molar-refractivity contribution in [3.05, 3.63) is 78.6 Å². The van der Waals surface area contributed by atoms with Gasteiger partial charge in [0.2, 0.25) is 0 Å². The van der Waals surface area contributed by atoms with E-state index < -0.39 is 9.84 Å². The molecule has 0 spiro atoms. The van der Waals surface area contributed by atoms with Crippen molar-refractivity contribution in [1.29, 1.82) is 0 Å². The highest BCUT2D eigenvalue weighted by Crippen LogP contribution is 2.37. The molecule has 4 rings (SSSR count). The lowest BCUT2D eigenvalue weighted by Gasteiger charge is -2.19. The van der Waals surface area contributed by atoms with E-state index in [0.717, 1.165) is 48.4 Å². The first kappa shape index (κ1) is 26.3. The third-order valence-electron chi connectivity index (χ3n) is 6.18. The summed E-state index contributed by atoms with van der Waals surface area (Å²) >= 11 is 0. The number of para-hydroxylation sites is 1. The highest BCUT2D eigenvalue weighted by atomic mass is 32.2. The molecule has 194 valence electrons. The molecule has 0 atom stereocenters. The number of sulfone groups is 1. The van der Waals surface area contributed by atoms with Crippen molar-refractivity contribution in [2.75, 3.05) is 12.9 Å². The zero-order valence-corrected chi connectivity index (χ0v) is 22.2. The number of rotatable bonds is 12. The summed E-state index contributed by atoms with van der Waals surface area (Å²) in [6.07, 6.45) is 5.16. The van der Waals surface area contributed by atoms with Gasteiger partial charge in [-0.3, -0.25) is 0 Å². The molecule has 1 N–H and O–H groups in total. The molecule has 0 radical (unpaired) electrons. The SMILES string of the molecule is CC(C)(CCCCCOc1ccc(-c2ccc(S(C)(=O)=O)cc2)c(Oc2ccccc2)c1)c1nn[nH]n1. The van der Waals surface area contributed by atoms with E-state index in [1.807, 2.05) is 48.5 Å². The van der Waals surface area contributed by atoms with Crippen LogP contribution >= 0.6 is 0 Å². The Hall–Kier alpha value is -3.72. The summed E-state index contributed by atoms with van der Waals surface area (Å²) in [6.45, 7) is 4.84. The number of aromatic nitrogens is 4. The summed E-state index contributed by atoms with van der Waals surface area (Å²) in [4.78, 5) is 0.280. The first-order chi connectivity index (χ1) is 17.7. The second kappa shape index (κ2) is 11.6. The molecule has 0 fully saturated rings. The van der Waals surface area contributed by atoms with Gasteiger partial charge < -0.3 is 9.47 Å². The van der Waals surface area contributed by atoms with Gasteiger partial charge in [0.25, 0.3) is 0 Å². The van der Waals surface area contributed by atoms with Crippen molar-refractivity contribution in [3.63, 3.8) is 0 Å². The van der Waals surface area contributed by atoms with Gasteiger partial charge in [0.1, 0.15) is 17.2 Å². The summed E-state index contributed by atoms with van der Waals surface area (Å²) < 4.78 is 35.9. The smallest absolute Gasteiger partial charge is 0.180 e. The van der Waals surface area contributed by atoms with Crippen LogP contribution in [0.3, 0.4) is 0 Å². The third kappa shape index (κ3) is 7.16. The van der Waals surface area contributed by atoms with Gasteiger partial charge in [0, 0.05) is 23.3 Å². The summed E-state index contributed by atoms with van der Waals surface area (Å²) in [5.41, 5.74) is 1.58. The van der Waals surface area contributed by atoms with Gasteiger partial charge in [0.05, 0.1) is 11.5 Å². The zero-order valence-electron chi connectivity index (χ0n) is 21.3. The minimum Gasteiger partial charge on any atom is -0.493 e. The standard InChI is InChI=1S/C28H32N4O4S/c1-28(2,27-29-31-32-30-27)18-8-5-9-19-35-23-14-17-25(21-12-15-24(16-13-21)37(3,33)34)26(20-23)36-22-10-6-4-7-11-22/h4,6-7,10-17,20H,5,8-9,18-19H2,1-3H3,(H,29,30,31,32). The second-order valence-electron chi connectivity index (χ2n) is 9.65. The Morgan fingerprint density at radius 2 is 1.65 bits per heavy atom. The number of nitrogens with zero attached hydrogens (tertiary/aromatic N) is 3.